The zero-order chi connectivity index (χ0) is 9.26. The third-order valence-electron chi connectivity index (χ3n) is 3.04. The summed E-state index contributed by atoms with van der Waals surface area (Å²) in [7, 11) is 1.94. The highest BCUT2D eigenvalue weighted by atomic mass is 16.2. The number of rotatable bonds is 4. The van der Waals surface area contributed by atoms with Crippen molar-refractivity contribution in [2.75, 3.05) is 26.7 Å². The van der Waals surface area contributed by atoms with Gasteiger partial charge in [0.25, 0.3) is 0 Å². The molecule has 0 unspecified atom stereocenters. The minimum absolute atomic E-state index is 0.368. The maximum Gasteiger partial charge on any atom is 0.225 e. The standard InChI is InChI=1S/C10H18N2O/c1-12(10(13)9-2-3-9)5-4-8-6-11-7-8/h8-9,11H,2-7H2,1H3. The van der Waals surface area contributed by atoms with Crippen LogP contribution in [0.4, 0.5) is 0 Å². The molecule has 1 saturated carbocycles. The molecular formula is C10H18N2O. The summed E-state index contributed by atoms with van der Waals surface area (Å²) in [5, 5.41) is 3.25. The first-order valence-electron chi connectivity index (χ1n) is 5.23. The third kappa shape index (κ3) is 2.21. The Labute approximate surface area is 79.5 Å². The molecule has 0 aromatic heterocycles. The van der Waals surface area contributed by atoms with Crippen LogP contribution in [-0.4, -0.2) is 37.5 Å². The van der Waals surface area contributed by atoms with Crippen LogP contribution in [0.5, 0.6) is 0 Å². The van der Waals surface area contributed by atoms with Crippen LogP contribution in [0.15, 0.2) is 0 Å². The van der Waals surface area contributed by atoms with Crippen molar-refractivity contribution in [3.63, 3.8) is 0 Å². The molecule has 0 bridgehead atoms. The zero-order valence-corrected chi connectivity index (χ0v) is 8.25. The second-order valence-electron chi connectivity index (χ2n) is 4.35. The lowest BCUT2D eigenvalue weighted by atomic mass is 9.99. The van der Waals surface area contributed by atoms with Gasteiger partial charge in [-0.25, -0.2) is 0 Å². The number of hydrogen-bond donors (Lipinski definition) is 1. The van der Waals surface area contributed by atoms with Crippen LogP contribution in [0.2, 0.25) is 0 Å². The minimum Gasteiger partial charge on any atom is -0.346 e. The van der Waals surface area contributed by atoms with Gasteiger partial charge in [-0.05, 0) is 38.3 Å². The van der Waals surface area contributed by atoms with Gasteiger partial charge in [0.15, 0.2) is 0 Å². The Hall–Kier alpha value is -0.570. The maximum atomic E-state index is 11.5. The quantitative estimate of drug-likeness (QED) is 0.685. The molecule has 1 aliphatic carbocycles. The van der Waals surface area contributed by atoms with Crippen molar-refractivity contribution in [1.29, 1.82) is 0 Å². The van der Waals surface area contributed by atoms with Crippen LogP contribution in [0.3, 0.4) is 0 Å². The number of hydrogen-bond acceptors (Lipinski definition) is 2. The Morgan fingerprint density at radius 2 is 2.15 bits per heavy atom. The molecule has 1 heterocycles. The lowest BCUT2D eigenvalue weighted by Gasteiger charge is -2.29. The zero-order valence-electron chi connectivity index (χ0n) is 8.25. The van der Waals surface area contributed by atoms with Gasteiger partial charge in [-0.3, -0.25) is 4.79 Å². The molecule has 0 atom stereocenters. The second-order valence-corrected chi connectivity index (χ2v) is 4.35. The molecule has 0 aromatic carbocycles. The average molecular weight is 182 g/mol. The van der Waals surface area contributed by atoms with E-state index in [0.29, 0.717) is 11.8 Å². The molecular weight excluding hydrogens is 164 g/mol. The van der Waals surface area contributed by atoms with E-state index in [0.717, 1.165) is 38.4 Å². The molecule has 1 N–H and O–H groups in total. The van der Waals surface area contributed by atoms with E-state index in [1.165, 1.54) is 6.42 Å². The van der Waals surface area contributed by atoms with E-state index in [-0.39, 0.29) is 0 Å². The number of amides is 1. The minimum atomic E-state index is 0.368. The largest absolute Gasteiger partial charge is 0.346 e. The Bertz CT molecular complexity index is 197. The highest BCUT2D eigenvalue weighted by Crippen LogP contribution is 2.30. The van der Waals surface area contributed by atoms with Crippen molar-refractivity contribution in [2.45, 2.75) is 19.3 Å². The highest BCUT2D eigenvalue weighted by molar-refractivity contribution is 5.80. The van der Waals surface area contributed by atoms with Gasteiger partial charge in [0, 0.05) is 19.5 Å². The molecule has 0 aromatic rings. The van der Waals surface area contributed by atoms with E-state index in [9.17, 15) is 4.79 Å². The van der Waals surface area contributed by atoms with Crippen molar-refractivity contribution in [3.8, 4) is 0 Å². The first-order chi connectivity index (χ1) is 6.27. The van der Waals surface area contributed by atoms with E-state index < -0.39 is 0 Å². The van der Waals surface area contributed by atoms with Gasteiger partial charge in [-0.15, -0.1) is 0 Å². The molecule has 3 nitrogen and oxygen atoms in total. The Morgan fingerprint density at radius 1 is 1.46 bits per heavy atom. The van der Waals surface area contributed by atoms with E-state index in [4.69, 9.17) is 0 Å². The Morgan fingerprint density at radius 3 is 2.62 bits per heavy atom. The normalized spacial score (nSPS) is 22.5. The molecule has 3 heteroatoms. The van der Waals surface area contributed by atoms with Gasteiger partial charge < -0.3 is 10.2 Å². The van der Waals surface area contributed by atoms with Crippen LogP contribution in [0, 0.1) is 11.8 Å². The average Bonchev–Trinajstić information content (AvgIpc) is 2.82. The number of carbonyl (C=O) groups is 1. The van der Waals surface area contributed by atoms with Gasteiger partial charge >= 0.3 is 0 Å². The molecule has 74 valence electrons. The van der Waals surface area contributed by atoms with Crippen LogP contribution in [0.1, 0.15) is 19.3 Å². The summed E-state index contributed by atoms with van der Waals surface area (Å²) in [6.07, 6.45) is 3.41. The fourth-order valence-electron chi connectivity index (χ4n) is 1.68. The molecule has 1 saturated heterocycles. The summed E-state index contributed by atoms with van der Waals surface area (Å²) >= 11 is 0. The molecule has 1 aliphatic heterocycles. The van der Waals surface area contributed by atoms with Crippen molar-refractivity contribution in [1.82, 2.24) is 10.2 Å². The van der Waals surface area contributed by atoms with Crippen LogP contribution in [0.25, 0.3) is 0 Å². The van der Waals surface area contributed by atoms with Crippen molar-refractivity contribution >= 4 is 5.91 Å². The Balaban J connectivity index is 1.64. The molecule has 0 radical (unpaired) electrons. The smallest absolute Gasteiger partial charge is 0.225 e. The first kappa shape index (κ1) is 9.00. The fourth-order valence-corrected chi connectivity index (χ4v) is 1.68. The van der Waals surface area contributed by atoms with E-state index in [2.05, 4.69) is 5.32 Å². The van der Waals surface area contributed by atoms with Gasteiger partial charge in [0.2, 0.25) is 5.91 Å². The summed E-state index contributed by atoms with van der Waals surface area (Å²) < 4.78 is 0. The molecule has 0 spiro atoms. The molecule has 2 fully saturated rings. The van der Waals surface area contributed by atoms with Gasteiger partial charge in [0.05, 0.1) is 0 Å². The van der Waals surface area contributed by atoms with E-state index in [1.54, 1.807) is 0 Å². The summed E-state index contributed by atoms with van der Waals surface area (Å²) in [6.45, 7) is 3.23. The SMILES string of the molecule is CN(CCC1CNC1)C(=O)C1CC1. The van der Waals surface area contributed by atoms with Crippen molar-refractivity contribution < 1.29 is 4.79 Å². The first-order valence-corrected chi connectivity index (χ1v) is 5.23. The lowest BCUT2D eigenvalue weighted by Crippen LogP contribution is -2.44. The molecule has 2 rings (SSSR count). The molecule has 2 aliphatic rings. The van der Waals surface area contributed by atoms with Gasteiger partial charge in [-0.1, -0.05) is 0 Å². The number of carbonyl (C=O) groups excluding carboxylic acids is 1. The van der Waals surface area contributed by atoms with Crippen LogP contribution < -0.4 is 5.32 Å². The summed E-state index contributed by atoms with van der Waals surface area (Å²) in [5.41, 5.74) is 0. The van der Waals surface area contributed by atoms with E-state index in [1.807, 2.05) is 11.9 Å². The lowest BCUT2D eigenvalue weighted by molar-refractivity contribution is -0.131. The Kier molecular flexibility index (Phi) is 2.54. The topological polar surface area (TPSA) is 32.3 Å². The predicted molar refractivity (Wildman–Crippen MR) is 51.3 cm³/mol. The number of nitrogens with one attached hydrogen (secondary N) is 1. The van der Waals surface area contributed by atoms with Crippen molar-refractivity contribution in [3.05, 3.63) is 0 Å². The van der Waals surface area contributed by atoms with Gasteiger partial charge in [-0.2, -0.15) is 0 Å². The van der Waals surface area contributed by atoms with Crippen molar-refractivity contribution in [2.24, 2.45) is 11.8 Å². The predicted octanol–water partition coefficient (Wildman–Crippen LogP) is 0.464. The van der Waals surface area contributed by atoms with Crippen LogP contribution in [-0.2, 0) is 4.79 Å². The summed E-state index contributed by atoms with van der Waals surface area (Å²) in [6, 6.07) is 0. The highest BCUT2D eigenvalue weighted by Gasteiger charge is 2.32. The maximum absolute atomic E-state index is 11.5. The third-order valence-corrected chi connectivity index (χ3v) is 3.04. The monoisotopic (exact) mass is 182 g/mol. The van der Waals surface area contributed by atoms with E-state index >= 15 is 0 Å². The summed E-state index contributed by atoms with van der Waals surface area (Å²) in [4.78, 5) is 13.4. The fraction of sp³-hybridized carbons (Fsp3) is 0.900. The summed E-state index contributed by atoms with van der Waals surface area (Å²) in [5.74, 6) is 1.56. The second kappa shape index (κ2) is 3.66. The van der Waals surface area contributed by atoms with Crippen LogP contribution >= 0.6 is 0 Å². The molecule has 1 amide bonds. The number of nitrogens with zero attached hydrogens (tertiary/aromatic N) is 1. The van der Waals surface area contributed by atoms with Gasteiger partial charge in [0.1, 0.15) is 0 Å². The molecule has 13 heavy (non-hydrogen) atoms.